The van der Waals surface area contributed by atoms with Crippen molar-refractivity contribution in [2.45, 2.75) is 13.3 Å². The van der Waals surface area contributed by atoms with E-state index < -0.39 is 0 Å². The van der Waals surface area contributed by atoms with Gasteiger partial charge in [-0.1, -0.05) is 18.5 Å². The first-order valence-electron chi connectivity index (χ1n) is 4.67. The molecule has 0 spiro atoms. The number of rotatable bonds is 2. The first-order valence-corrected chi connectivity index (χ1v) is 5.05. The number of benzene rings is 1. The average Bonchev–Trinajstić information content (AvgIpc) is 2.70. The number of aromatic amines is 1. The third-order valence-electron chi connectivity index (χ3n) is 2.12. The van der Waals surface area contributed by atoms with E-state index in [0.717, 1.165) is 17.8 Å². The predicted molar refractivity (Wildman–Crippen MR) is 60.6 cm³/mol. The van der Waals surface area contributed by atoms with Crippen molar-refractivity contribution < 1.29 is 0 Å². The molecule has 2 aromatic rings. The van der Waals surface area contributed by atoms with Gasteiger partial charge in [-0.25, -0.2) is 4.98 Å². The Kier molecular flexibility index (Phi) is 2.60. The highest BCUT2D eigenvalue weighted by Crippen LogP contribution is 2.24. The third kappa shape index (κ3) is 1.94. The zero-order valence-corrected chi connectivity index (χ0v) is 9.04. The highest BCUT2D eigenvalue weighted by molar-refractivity contribution is 6.33. The van der Waals surface area contributed by atoms with E-state index >= 15 is 0 Å². The van der Waals surface area contributed by atoms with E-state index in [1.54, 1.807) is 12.1 Å². The number of H-pyrrole nitrogens is 1. The maximum atomic E-state index is 5.83. The molecule has 0 bridgehead atoms. The number of nitrogens with two attached hydrogens (primary N) is 1. The smallest absolute Gasteiger partial charge is 0.181 e. The van der Waals surface area contributed by atoms with Gasteiger partial charge in [0, 0.05) is 12.0 Å². The van der Waals surface area contributed by atoms with E-state index in [-0.39, 0.29) is 0 Å². The number of hydrogen-bond acceptors (Lipinski definition) is 3. The summed E-state index contributed by atoms with van der Waals surface area (Å²) in [5, 5.41) is 7.49. The molecule has 0 saturated carbocycles. The van der Waals surface area contributed by atoms with Crippen LogP contribution in [0.15, 0.2) is 18.2 Å². The molecule has 0 amide bonds. The number of halogens is 1. The number of aryl methyl sites for hydroxylation is 1. The summed E-state index contributed by atoms with van der Waals surface area (Å²) in [6.45, 7) is 2.01. The van der Waals surface area contributed by atoms with E-state index in [1.165, 1.54) is 0 Å². The van der Waals surface area contributed by atoms with E-state index in [0.29, 0.717) is 16.5 Å². The summed E-state index contributed by atoms with van der Waals surface area (Å²) in [6.07, 6.45) is 0.829. The van der Waals surface area contributed by atoms with Gasteiger partial charge in [0.25, 0.3) is 0 Å². The molecule has 1 aromatic carbocycles. The molecule has 3 N–H and O–H groups in total. The third-order valence-corrected chi connectivity index (χ3v) is 2.47. The zero-order valence-electron chi connectivity index (χ0n) is 8.29. The quantitative estimate of drug-likeness (QED) is 0.766. The van der Waals surface area contributed by atoms with Crippen LogP contribution in [-0.4, -0.2) is 15.2 Å². The zero-order chi connectivity index (χ0) is 10.8. The molecule has 0 aliphatic carbocycles. The Morgan fingerprint density at radius 2 is 2.27 bits per heavy atom. The molecular formula is C10H11ClN4. The fourth-order valence-corrected chi connectivity index (χ4v) is 1.38. The predicted octanol–water partition coefficient (Wildman–Crippen LogP) is 2.27. The average molecular weight is 223 g/mol. The fourth-order valence-electron chi connectivity index (χ4n) is 1.27. The van der Waals surface area contributed by atoms with Gasteiger partial charge in [0.15, 0.2) is 5.82 Å². The summed E-state index contributed by atoms with van der Waals surface area (Å²) in [4.78, 5) is 4.30. The van der Waals surface area contributed by atoms with Crippen LogP contribution in [0.4, 0.5) is 5.69 Å². The van der Waals surface area contributed by atoms with Crippen LogP contribution in [0.2, 0.25) is 5.02 Å². The largest absolute Gasteiger partial charge is 0.398 e. The summed E-state index contributed by atoms with van der Waals surface area (Å²) >= 11 is 5.83. The molecule has 0 aliphatic heterocycles. The van der Waals surface area contributed by atoms with Crippen molar-refractivity contribution in [3.05, 3.63) is 29.0 Å². The minimum atomic E-state index is 0.539. The summed E-state index contributed by atoms with van der Waals surface area (Å²) in [5.41, 5.74) is 7.11. The normalized spacial score (nSPS) is 10.5. The molecular weight excluding hydrogens is 212 g/mol. The first-order chi connectivity index (χ1) is 7.20. The molecule has 0 atom stereocenters. The summed E-state index contributed by atoms with van der Waals surface area (Å²) in [7, 11) is 0. The van der Waals surface area contributed by atoms with Crippen molar-refractivity contribution in [2.75, 3.05) is 5.73 Å². The monoisotopic (exact) mass is 222 g/mol. The number of aromatic nitrogens is 3. The molecule has 0 saturated heterocycles. The first kappa shape index (κ1) is 9.98. The highest BCUT2D eigenvalue weighted by Gasteiger charge is 2.06. The Morgan fingerprint density at radius 1 is 1.47 bits per heavy atom. The van der Waals surface area contributed by atoms with Gasteiger partial charge in [-0.15, -0.1) is 0 Å². The molecule has 0 fully saturated rings. The van der Waals surface area contributed by atoms with Crippen molar-refractivity contribution in [1.82, 2.24) is 15.2 Å². The number of hydrogen-bond donors (Lipinski definition) is 2. The molecule has 15 heavy (non-hydrogen) atoms. The SMILES string of the molecule is CCc1nc(-c2ccc(Cl)c(N)c2)n[nH]1. The fraction of sp³-hybridized carbons (Fsp3) is 0.200. The van der Waals surface area contributed by atoms with Gasteiger partial charge in [0.05, 0.1) is 10.7 Å². The second-order valence-electron chi connectivity index (χ2n) is 3.20. The molecule has 1 heterocycles. The van der Waals surface area contributed by atoms with Crippen LogP contribution < -0.4 is 5.73 Å². The number of nitrogens with zero attached hydrogens (tertiary/aromatic N) is 2. The van der Waals surface area contributed by atoms with Crippen molar-refractivity contribution in [3.63, 3.8) is 0 Å². The molecule has 78 valence electrons. The Bertz CT molecular complexity index is 478. The van der Waals surface area contributed by atoms with Crippen LogP contribution in [0, 0.1) is 0 Å². The maximum absolute atomic E-state index is 5.83. The molecule has 2 rings (SSSR count). The van der Waals surface area contributed by atoms with Crippen LogP contribution in [0.1, 0.15) is 12.7 Å². The van der Waals surface area contributed by atoms with Crippen LogP contribution in [0.25, 0.3) is 11.4 Å². The Balaban J connectivity index is 2.40. The molecule has 0 radical (unpaired) electrons. The molecule has 4 nitrogen and oxygen atoms in total. The number of nitrogen functional groups attached to an aromatic ring is 1. The van der Waals surface area contributed by atoms with Crippen LogP contribution in [0.3, 0.4) is 0 Å². The van der Waals surface area contributed by atoms with E-state index in [1.807, 2.05) is 13.0 Å². The number of anilines is 1. The van der Waals surface area contributed by atoms with Crippen LogP contribution >= 0.6 is 11.6 Å². The second kappa shape index (κ2) is 3.90. The van der Waals surface area contributed by atoms with E-state index in [9.17, 15) is 0 Å². The Hall–Kier alpha value is -1.55. The van der Waals surface area contributed by atoms with Gasteiger partial charge in [-0.2, -0.15) is 5.10 Å². The van der Waals surface area contributed by atoms with Crippen LogP contribution in [0.5, 0.6) is 0 Å². The summed E-state index contributed by atoms with van der Waals surface area (Å²) in [6, 6.07) is 5.36. The summed E-state index contributed by atoms with van der Waals surface area (Å²) in [5.74, 6) is 1.51. The van der Waals surface area contributed by atoms with Gasteiger partial charge in [-0.3, -0.25) is 5.10 Å². The molecule has 0 aliphatic rings. The molecule has 1 aromatic heterocycles. The van der Waals surface area contributed by atoms with Crippen molar-refractivity contribution >= 4 is 17.3 Å². The van der Waals surface area contributed by atoms with E-state index in [4.69, 9.17) is 17.3 Å². The van der Waals surface area contributed by atoms with Crippen molar-refractivity contribution in [3.8, 4) is 11.4 Å². The maximum Gasteiger partial charge on any atom is 0.181 e. The highest BCUT2D eigenvalue weighted by atomic mass is 35.5. The van der Waals surface area contributed by atoms with Gasteiger partial charge < -0.3 is 5.73 Å². The molecule has 5 heteroatoms. The van der Waals surface area contributed by atoms with Crippen LogP contribution in [-0.2, 0) is 6.42 Å². The van der Waals surface area contributed by atoms with Gasteiger partial charge in [-0.05, 0) is 18.2 Å². The van der Waals surface area contributed by atoms with E-state index in [2.05, 4.69) is 15.2 Å². The standard InChI is InChI=1S/C10H11ClN4/c1-2-9-13-10(15-14-9)6-3-4-7(11)8(12)5-6/h3-5H,2,12H2,1H3,(H,13,14,15). The summed E-state index contributed by atoms with van der Waals surface area (Å²) < 4.78 is 0. The lowest BCUT2D eigenvalue weighted by atomic mass is 10.2. The van der Waals surface area contributed by atoms with Crippen molar-refractivity contribution in [2.24, 2.45) is 0 Å². The minimum Gasteiger partial charge on any atom is -0.398 e. The lowest BCUT2D eigenvalue weighted by Gasteiger charge is -1.99. The molecule has 0 unspecified atom stereocenters. The second-order valence-corrected chi connectivity index (χ2v) is 3.60. The minimum absolute atomic E-state index is 0.539. The van der Waals surface area contributed by atoms with Crippen molar-refractivity contribution in [1.29, 1.82) is 0 Å². The lowest BCUT2D eigenvalue weighted by molar-refractivity contribution is 0.946. The number of nitrogens with one attached hydrogen (secondary N) is 1. The Labute approximate surface area is 92.5 Å². The van der Waals surface area contributed by atoms with Gasteiger partial charge >= 0.3 is 0 Å². The lowest BCUT2D eigenvalue weighted by Crippen LogP contribution is -1.88. The van der Waals surface area contributed by atoms with Gasteiger partial charge in [0.2, 0.25) is 0 Å². The Morgan fingerprint density at radius 3 is 2.87 bits per heavy atom. The topological polar surface area (TPSA) is 67.6 Å². The van der Waals surface area contributed by atoms with Gasteiger partial charge in [0.1, 0.15) is 5.82 Å².